The summed E-state index contributed by atoms with van der Waals surface area (Å²) in [4.78, 5) is 5.65. The Morgan fingerprint density at radius 1 is 1.28 bits per heavy atom. The molecule has 5 heteroatoms. The Bertz CT molecular complexity index is 619. The second kappa shape index (κ2) is 4.72. The van der Waals surface area contributed by atoms with Gasteiger partial charge in [-0.15, -0.1) is 0 Å². The second-order valence-corrected chi connectivity index (χ2v) is 3.73. The summed E-state index contributed by atoms with van der Waals surface area (Å²) in [6, 6.07) is 11.5. The number of hydrogen-bond acceptors (Lipinski definition) is 4. The normalized spacial score (nSPS) is 9.83. The van der Waals surface area contributed by atoms with Gasteiger partial charge in [0.1, 0.15) is 17.7 Å². The van der Waals surface area contributed by atoms with E-state index in [2.05, 4.69) is 4.98 Å². The number of para-hydroxylation sites is 1. The van der Waals surface area contributed by atoms with Gasteiger partial charge >= 0.3 is 0 Å². The van der Waals surface area contributed by atoms with Crippen molar-refractivity contribution in [3.63, 3.8) is 0 Å². The molecule has 1 aromatic heterocycles. The van der Waals surface area contributed by atoms with Gasteiger partial charge in [0.2, 0.25) is 0 Å². The minimum atomic E-state index is -0.350. The zero-order chi connectivity index (χ0) is 13.1. The highest BCUT2D eigenvalue weighted by atomic mass is 19.1. The van der Waals surface area contributed by atoms with Crippen molar-refractivity contribution in [2.75, 3.05) is 17.7 Å². The molecule has 0 aliphatic heterocycles. The maximum atomic E-state index is 13.6. The summed E-state index contributed by atoms with van der Waals surface area (Å²) in [7, 11) is 1.68. The number of nitrogens with zero attached hydrogens (tertiary/aromatic N) is 3. The third-order valence-corrected chi connectivity index (χ3v) is 2.58. The topological polar surface area (TPSA) is 65.9 Å². The molecule has 2 N–H and O–H groups in total. The van der Waals surface area contributed by atoms with Gasteiger partial charge in [0.15, 0.2) is 5.69 Å². The average molecular weight is 242 g/mol. The van der Waals surface area contributed by atoms with Crippen molar-refractivity contribution < 1.29 is 4.39 Å². The van der Waals surface area contributed by atoms with E-state index in [1.807, 2.05) is 6.07 Å². The summed E-state index contributed by atoms with van der Waals surface area (Å²) in [6.45, 7) is 0. The van der Waals surface area contributed by atoms with Gasteiger partial charge in [-0.05, 0) is 24.3 Å². The lowest BCUT2D eigenvalue weighted by molar-refractivity contribution is 0.627. The summed E-state index contributed by atoms with van der Waals surface area (Å²) >= 11 is 0. The van der Waals surface area contributed by atoms with Crippen LogP contribution in [-0.4, -0.2) is 12.0 Å². The van der Waals surface area contributed by atoms with Gasteiger partial charge in [-0.2, -0.15) is 5.26 Å². The van der Waals surface area contributed by atoms with Crippen molar-refractivity contribution in [1.29, 1.82) is 5.26 Å². The number of anilines is 3. The zero-order valence-corrected chi connectivity index (χ0v) is 9.76. The molecule has 0 spiro atoms. The van der Waals surface area contributed by atoms with E-state index in [0.29, 0.717) is 17.2 Å². The molecular weight excluding hydrogens is 231 g/mol. The van der Waals surface area contributed by atoms with Gasteiger partial charge in [0, 0.05) is 7.05 Å². The van der Waals surface area contributed by atoms with Gasteiger partial charge in [-0.1, -0.05) is 12.1 Å². The van der Waals surface area contributed by atoms with Crippen LogP contribution in [0, 0.1) is 17.1 Å². The van der Waals surface area contributed by atoms with E-state index < -0.39 is 0 Å². The third kappa shape index (κ3) is 2.09. The van der Waals surface area contributed by atoms with Crippen LogP contribution >= 0.6 is 0 Å². The molecule has 0 fully saturated rings. The Kier molecular flexibility index (Phi) is 3.11. The number of hydrogen-bond donors (Lipinski definition) is 1. The van der Waals surface area contributed by atoms with Gasteiger partial charge in [0.05, 0.1) is 11.4 Å². The Morgan fingerprint density at radius 2 is 2.00 bits per heavy atom. The summed E-state index contributed by atoms with van der Waals surface area (Å²) in [5.41, 5.74) is 6.42. The van der Waals surface area contributed by atoms with Crippen LogP contribution in [0.1, 0.15) is 5.69 Å². The molecule has 18 heavy (non-hydrogen) atoms. The minimum absolute atomic E-state index is 0.135. The number of aromatic nitrogens is 1. The van der Waals surface area contributed by atoms with Gasteiger partial charge in [-0.25, -0.2) is 9.37 Å². The monoisotopic (exact) mass is 242 g/mol. The fourth-order valence-electron chi connectivity index (χ4n) is 1.58. The van der Waals surface area contributed by atoms with Crippen LogP contribution in [0.4, 0.5) is 21.6 Å². The maximum absolute atomic E-state index is 13.6. The summed E-state index contributed by atoms with van der Waals surface area (Å²) in [5, 5.41) is 8.86. The summed E-state index contributed by atoms with van der Waals surface area (Å²) < 4.78 is 13.6. The van der Waals surface area contributed by atoms with E-state index >= 15 is 0 Å². The molecule has 0 atom stereocenters. The molecule has 4 nitrogen and oxygen atoms in total. The fourth-order valence-corrected chi connectivity index (χ4v) is 1.58. The lowest BCUT2D eigenvalue weighted by Crippen LogP contribution is -2.13. The average Bonchev–Trinajstić information content (AvgIpc) is 2.39. The van der Waals surface area contributed by atoms with Crippen LogP contribution in [0.2, 0.25) is 0 Å². The highest BCUT2D eigenvalue weighted by Crippen LogP contribution is 2.25. The van der Waals surface area contributed by atoms with Gasteiger partial charge < -0.3 is 10.6 Å². The summed E-state index contributed by atoms with van der Waals surface area (Å²) in [6.07, 6.45) is 0. The fraction of sp³-hybridized carbons (Fsp3) is 0.0769. The molecule has 0 saturated heterocycles. The Balaban J connectivity index is 2.44. The van der Waals surface area contributed by atoms with E-state index in [1.165, 1.54) is 6.07 Å². The molecule has 0 aliphatic rings. The number of rotatable bonds is 2. The maximum Gasteiger partial charge on any atom is 0.165 e. The van der Waals surface area contributed by atoms with E-state index in [4.69, 9.17) is 11.0 Å². The number of nitriles is 1. The van der Waals surface area contributed by atoms with E-state index in [9.17, 15) is 4.39 Å². The number of benzene rings is 1. The van der Waals surface area contributed by atoms with E-state index in [1.54, 1.807) is 42.3 Å². The van der Waals surface area contributed by atoms with Gasteiger partial charge in [0.25, 0.3) is 0 Å². The molecule has 2 aromatic rings. The number of pyridine rings is 1. The summed E-state index contributed by atoms with van der Waals surface area (Å²) in [5.74, 6) is 0.114. The molecule has 0 saturated carbocycles. The number of nitrogens with two attached hydrogens (primary N) is 1. The first-order valence-electron chi connectivity index (χ1n) is 5.28. The molecule has 0 unspecified atom stereocenters. The van der Waals surface area contributed by atoms with Crippen LogP contribution in [0.5, 0.6) is 0 Å². The highest BCUT2D eigenvalue weighted by Gasteiger charge is 2.11. The van der Waals surface area contributed by atoms with Crippen molar-refractivity contribution in [3.05, 3.63) is 47.9 Å². The van der Waals surface area contributed by atoms with E-state index in [-0.39, 0.29) is 11.5 Å². The zero-order valence-electron chi connectivity index (χ0n) is 9.76. The molecule has 0 radical (unpaired) electrons. The smallest absolute Gasteiger partial charge is 0.165 e. The predicted molar refractivity (Wildman–Crippen MR) is 67.8 cm³/mol. The van der Waals surface area contributed by atoms with Crippen LogP contribution in [0.15, 0.2) is 36.4 Å². The quantitative estimate of drug-likeness (QED) is 0.878. The first-order valence-corrected chi connectivity index (χ1v) is 5.28. The number of nitrogen functional groups attached to an aromatic ring is 1. The largest absolute Gasteiger partial charge is 0.396 e. The highest BCUT2D eigenvalue weighted by molar-refractivity contribution is 5.63. The molecule has 2 rings (SSSR count). The van der Waals surface area contributed by atoms with Crippen molar-refractivity contribution in [2.24, 2.45) is 0 Å². The molecule has 90 valence electrons. The first-order chi connectivity index (χ1) is 8.63. The van der Waals surface area contributed by atoms with Crippen LogP contribution in [0.3, 0.4) is 0 Å². The minimum Gasteiger partial charge on any atom is -0.396 e. The Hall–Kier alpha value is -2.61. The molecule has 0 aliphatic carbocycles. The Morgan fingerprint density at radius 3 is 2.67 bits per heavy atom. The lowest BCUT2D eigenvalue weighted by Gasteiger charge is -2.19. The van der Waals surface area contributed by atoms with Crippen molar-refractivity contribution in [1.82, 2.24) is 4.98 Å². The molecule has 1 aromatic carbocycles. The standard InChI is InChI=1S/C13H11FN4/c1-18(12-5-3-2-4-9(12)14)13-7-6-10(16)11(8-15)17-13/h2-7H,16H2,1H3. The third-order valence-electron chi connectivity index (χ3n) is 2.58. The molecular formula is C13H11FN4. The predicted octanol–water partition coefficient (Wildman–Crippen LogP) is 2.44. The van der Waals surface area contributed by atoms with Crippen molar-refractivity contribution in [3.8, 4) is 6.07 Å². The van der Waals surface area contributed by atoms with Crippen LogP contribution in [-0.2, 0) is 0 Å². The number of halogens is 1. The van der Waals surface area contributed by atoms with Crippen molar-refractivity contribution >= 4 is 17.2 Å². The van der Waals surface area contributed by atoms with Crippen LogP contribution < -0.4 is 10.6 Å². The van der Waals surface area contributed by atoms with Crippen molar-refractivity contribution in [2.45, 2.75) is 0 Å². The second-order valence-electron chi connectivity index (χ2n) is 3.73. The van der Waals surface area contributed by atoms with E-state index in [0.717, 1.165) is 0 Å². The van der Waals surface area contributed by atoms with Crippen LogP contribution in [0.25, 0.3) is 0 Å². The lowest BCUT2D eigenvalue weighted by atomic mass is 10.2. The molecule has 0 bridgehead atoms. The SMILES string of the molecule is CN(c1ccc(N)c(C#N)n1)c1ccccc1F. The first kappa shape index (κ1) is 11.9. The Labute approximate surface area is 104 Å². The van der Waals surface area contributed by atoms with Gasteiger partial charge in [-0.3, -0.25) is 0 Å². The molecule has 1 heterocycles. The molecule has 0 amide bonds.